The molecule has 2 aromatic carbocycles. The molecule has 0 atom stereocenters. The summed E-state index contributed by atoms with van der Waals surface area (Å²) in [5, 5.41) is 6.36. The lowest BCUT2D eigenvalue weighted by molar-refractivity contribution is -0.000206. The van der Waals surface area contributed by atoms with Gasteiger partial charge < -0.3 is 25.8 Å². The summed E-state index contributed by atoms with van der Waals surface area (Å²) < 4.78 is 11.0. The Morgan fingerprint density at radius 3 is 2.00 bits per heavy atom. The highest BCUT2D eigenvalue weighted by Crippen LogP contribution is 2.25. The Balaban J connectivity index is 2.40. The maximum absolute atomic E-state index is 13.0. The Hall–Kier alpha value is -3.33. The second kappa shape index (κ2) is 11.2. The number of hydrogen-bond acceptors (Lipinski definition) is 6. The zero-order valence-electron chi connectivity index (χ0n) is 20.6. The molecule has 0 aliphatic heterocycles. The van der Waals surface area contributed by atoms with Gasteiger partial charge in [0.1, 0.15) is 11.2 Å². The van der Waals surface area contributed by atoms with Gasteiger partial charge in [0.15, 0.2) is 5.11 Å². The summed E-state index contributed by atoms with van der Waals surface area (Å²) in [4.78, 5) is 26.9. The van der Waals surface area contributed by atoms with Crippen LogP contribution in [0.2, 0.25) is 0 Å². The van der Waals surface area contributed by atoms with Gasteiger partial charge in [-0.2, -0.15) is 0 Å². The lowest BCUT2D eigenvalue weighted by Crippen LogP contribution is -2.43. The fourth-order valence-corrected chi connectivity index (χ4v) is 3.04. The van der Waals surface area contributed by atoms with E-state index in [4.69, 9.17) is 27.4 Å². The molecular weight excluding hydrogens is 452 g/mol. The van der Waals surface area contributed by atoms with E-state index in [1.807, 2.05) is 36.4 Å². The Morgan fingerprint density at radius 1 is 0.941 bits per heavy atom. The molecule has 0 radical (unpaired) electrons. The first-order valence-corrected chi connectivity index (χ1v) is 11.3. The standard InChI is InChI=1S/C25H34N4O4S/c1-24(2,3)32-22(30)29(23(31)33-25(4,5)6)16-18-14-19(28-21(26)34)12-13-20(18)27-15-17-10-8-7-9-11-17/h7-14,27H,15-16H2,1-6H3,(H3,26,28,34). The summed E-state index contributed by atoms with van der Waals surface area (Å²) in [6, 6.07) is 15.3. The van der Waals surface area contributed by atoms with Crippen LogP contribution in [0.1, 0.15) is 52.7 Å². The average molecular weight is 487 g/mol. The average Bonchev–Trinajstić information content (AvgIpc) is 2.69. The van der Waals surface area contributed by atoms with E-state index >= 15 is 0 Å². The molecule has 9 heteroatoms. The fourth-order valence-electron chi connectivity index (χ4n) is 2.92. The van der Waals surface area contributed by atoms with Crippen molar-refractivity contribution >= 4 is 40.9 Å². The van der Waals surface area contributed by atoms with Gasteiger partial charge in [-0.15, -0.1) is 0 Å². The summed E-state index contributed by atoms with van der Waals surface area (Å²) in [7, 11) is 0. The molecule has 8 nitrogen and oxygen atoms in total. The van der Waals surface area contributed by atoms with Crippen molar-refractivity contribution in [1.29, 1.82) is 0 Å². The van der Waals surface area contributed by atoms with E-state index in [9.17, 15) is 9.59 Å². The third kappa shape index (κ3) is 9.27. The summed E-state index contributed by atoms with van der Waals surface area (Å²) in [6.45, 7) is 10.9. The van der Waals surface area contributed by atoms with E-state index in [-0.39, 0.29) is 11.7 Å². The predicted molar refractivity (Wildman–Crippen MR) is 139 cm³/mol. The van der Waals surface area contributed by atoms with Gasteiger partial charge in [0, 0.05) is 17.9 Å². The minimum Gasteiger partial charge on any atom is -0.443 e. The zero-order valence-corrected chi connectivity index (χ0v) is 21.4. The highest BCUT2D eigenvalue weighted by molar-refractivity contribution is 7.80. The molecule has 0 spiro atoms. The highest BCUT2D eigenvalue weighted by atomic mass is 32.1. The highest BCUT2D eigenvalue weighted by Gasteiger charge is 2.32. The third-order valence-corrected chi connectivity index (χ3v) is 4.36. The fraction of sp³-hybridized carbons (Fsp3) is 0.400. The number of hydrogen-bond donors (Lipinski definition) is 3. The van der Waals surface area contributed by atoms with Crippen LogP contribution >= 0.6 is 12.2 Å². The molecular formula is C25H34N4O4S. The van der Waals surface area contributed by atoms with Gasteiger partial charge in [-0.1, -0.05) is 30.3 Å². The van der Waals surface area contributed by atoms with E-state index in [2.05, 4.69) is 10.6 Å². The number of rotatable bonds is 6. The molecule has 2 amide bonds. The zero-order chi connectivity index (χ0) is 25.5. The molecule has 0 unspecified atom stereocenters. The van der Waals surface area contributed by atoms with Crippen molar-refractivity contribution in [3.63, 3.8) is 0 Å². The van der Waals surface area contributed by atoms with Gasteiger partial charge >= 0.3 is 12.2 Å². The molecule has 0 fully saturated rings. The summed E-state index contributed by atoms with van der Waals surface area (Å²) in [5.41, 5.74) is 7.13. The smallest absolute Gasteiger partial charge is 0.420 e. The predicted octanol–water partition coefficient (Wildman–Crippen LogP) is 5.63. The summed E-state index contributed by atoms with van der Waals surface area (Å²) in [5.74, 6) is 0. The van der Waals surface area contributed by atoms with Gasteiger partial charge in [0.2, 0.25) is 0 Å². The first-order valence-electron chi connectivity index (χ1n) is 10.9. The molecule has 34 heavy (non-hydrogen) atoms. The molecule has 0 aliphatic carbocycles. The van der Waals surface area contributed by atoms with Crippen molar-refractivity contribution in [2.45, 2.75) is 65.8 Å². The van der Waals surface area contributed by atoms with Crippen LogP contribution in [0.5, 0.6) is 0 Å². The van der Waals surface area contributed by atoms with Gasteiger partial charge in [0.05, 0.1) is 6.54 Å². The van der Waals surface area contributed by atoms with Gasteiger partial charge in [-0.25, -0.2) is 14.5 Å². The first kappa shape index (κ1) is 26.9. The van der Waals surface area contributed by atoms with E-state index in [1.165, 1.54) is 0 Å². The van der Waals surface area contributed by atoms with Gasteiger partial charge in [0.25, 0.3) is 0 Å². The van der Waals surface area contributed by atoms with Crippen LogP contribution in [0, 0.1) is 0 Å². The number of carbonyl (C=O) groups excluding carboxylic acids is 2. The van der Waals surface area contributed by atoms with Crippen LogP contribution < -0.4 is 16.4 Å². The van der Waals surface area contributed by atoms with Crippen LogP contribution in [0.3, 0.4) is 0 Å². The molecule has 184 valence electrons. The number of amides is 2. The number of nitrogens with one attached hydrogen (secondary N) is 2. The van der Waals surface area contributed by atoms with Crippen LogP contribution in [0.25, 0.3) is 0 Å². The minimum atomic E-state index is -0.802. The number of thiocarbonyl (C=S) groups is 1. The quantitative estimate of drug-likeness (QED) is 0.451. The molecule has 2 aromatic rings. The number of nitrogens with zero attached hydrogens (tertiary/aromatic N) is 1. The number of imide groups is 1. The minimum absolute atomic E-state index is 0.0895. The summed E-state index contributed by atoms with van der Waals surface area (Å²) >= 11 is 4.95. The summed E-state index contributed by atoms with van der Waals surface area (Å²) in [6.07, 6.45) is -1.60. The second-order valence-electron chi connectivity index (χ2n) is 9.75. The Kier molecular flexibility index (Phi) is 8.86. The van der Waals surface area contributed by atoms with Crippen LogP contribution in [0.4, 0.5) is 21.0 Å². The van der Waals surface area contributed by atoms with E-state index < -0.39 is 23.4 Å². The number of carbonyl (C=O) groups is 2. The molecule has 0 aliphatic rings. The maximum atomic E-state index is 13.0. The third-order valence-electron chi connectivity index (χ3n) is 4.25. The van der Waals surface area contributed by atoms with Crippen molar-refractivity contribution < 1.29 is 19.1 Å². The van der Waals surface area contributed by atoms with Crippen molar-refractivity contribution in [1.82, 2.24) is 4.90 Å². The SMILES string of the molecule is CC(C)(C)OC(=O)N(Cc1cc(NC(N)=S)ccc1NCc1ccccc1)C(=O)OC(C)(C)C. The normalized spacial score (nSPS) is 11.4. The molecule has 0 heterocycles. The lowest BCUT2D eigenvalue weighted by Gasteiger charge is -2.29. The topological polar surface area (TPSA) is 106 Å². The Labute approximate surface area is 206 Å². The van der Waals surface area contributed by atoms with E-state index in [0.717, 1.165) is 16.2 Å². The lowest BCUT2D eigenvalue weighted by atomic mass is 10.1. The molecule has 0 saturated carbocycles. The van der Waals surface area contributed by atoms with Crippen LogP contribution in [-0.4, -0.2) is 33.4 Å². The number of ether oxygens (including phenoxy) is 2. The molecule has 0 saturated heterocycles. The molecule has 0 bridgehead atoms. The van der Waals surface area contributed by atoms with Crippen LogP contribution in [0.15, 0.2) is 48.5 Å². The monoisotopic (exact) mass is 486 g/mol. The number of benzene rings is 2. The maximum Gasteiger partial charge on any atom is 0.420 e. The van der Waals surface area contributed by atoms with Gasteiger partial charge in [-0.3, -0.25) is 0 Å². The van der Waals surface area contributed by atoms with Crippen molar-refractivity contribution in [2.75, 3.05) is 10.6 Å². The largest absolute Gasteiger partial charge is 0.443 e. The molecule has 4 N–H and O–H groups in total. The van der Waals surface area contributed by atoms with Crippen molar-refractivity contribution in [3.05, 3.63) is 59.7 Å². The number of nitrogens with two attached hydrogens (primary N) is 1. The van der Waals surface area contributed by atoms with Crippen LogP contribution in [-0.2, 0) is 22.6 Å². The van der Waals surface area contributed by atoms with Crippen molar-refractivity contribution in [3.8, 4) is 0 Å². The van der Waals surface area contributed by atoms with E-state index in [0.29, 0.717) is 17.8 Å². The van der Waals surface area contributed by atoms with Gasteiger partial charge in [-0.05, 0) is 83.1 Å². The Bertz CT molecular complexity index is 986. The van der Waals surface area contributed by atoms with E-state index in [1.54, 1.807) is 53.7 Å². The second-order valence-corrected chi connectivity index (χ2v) is 10.2. The first-order chi connectivity index (χ1) is 15.7. The number of anilines is 2. The Morgan fingerprint density at radius 2 is 1.50 bits per heavy atom. The molecule has 2 rings (SSSR count). The van der Waals surface area contributed by atoms with Crippen molar-refractivity contribution in [2.24, 2.45) is 5.73 Å². The molecule has 0 aromatic heterocycles.